The Balaban J connectivity index is 2.15. The number of ketones is 1. The van der Waals surface area contributed by atoms with E-state index >= 15 is 0 Å². The fourth-order valence-electron chi connectivity index (χ4n) is 1.94. The highest BCUT2D eigenvalue weighted by atomic mass is 32.1. The predicted molar refractivity (Wildman–Crippen MR) is 77.9 cm³/mol. The molecule has 21 heavy (non-hydrogen) atoms. The van der Waals surface area contributed by atoms with Crippen molar-refractivity contribution in [3.8, 4) is 0 Å². The van der Waals surface area contributed by atoms with Gasteiger partial charge in [-0.2, -0.15) is 13.2 Å². The number of carbonyl (C=O) groups excluding carboxylic acids is 1. The lowest BCUT2D eigenvalue weighted by Gasteiger charge is -2.08. The lowest BCUT2D eigenvalue weighted by molar-refractivity contribution is -0.137. The molecule has 0 saturated carbocycles. The minimum absolute atomic E-state index is 0.0119. The molecule has 0 atom stereocenters. The Morgan fingerprint density at radius 3 is 2.48 bits per heavy atom. The van der Waals surface area contributed by atoms with Gasteiger partial charge in [-0.25, -0.2) is 0 Å². The van der Waals surface area contributed by atoms with Crippen LogP contribution in [0, 0.1) is 0 Å². The third-order valence-corrected chi connectivity index (χ3v) is 4.52. The molecule has 1 nitrogen and oxygen atoms in total. The molecule has 1 aromatic heterocycles. The van der Waals surface area contributed by atoms with E-state index in [0.717, 1.165) is 17.0 Å². The highest BCUT2D eigenvalue weighted by Gasteiger charge is 2.30. The molecule has 0 unspecified atom stereocenters. The van der Waals surface area contributed by atoms with E-state index in [1.807, 2.05) is 19.9 Å². The van der Waals surface area contributed by atoms with Gasteiger partial charge in [0.05, 0.1) is 10.4 Å². The summed E-state index contributed by atoms with van der Waals surface area (Å²) in [6.45, 7) is 4.07. The van der Waals surface area contributed by atoms with Gasteiger partial charge in [0.2, 0.25) is 0 Å². The van der Waals surface area contributed by atoms with Crippen LogP contribution in [0.25, 0.3) is 0 Å². The number of Topliss-reactive ketones (excluding diaryl/α,β-unsaturated/α-hetero) is 1. The van der Waals surface area contributed by atoms with Crippen molar-refractivity contribution in [3.63, 3.8) is 0 Å². The molecule has 0 aliphatic carbocycles. The van der Waals surface area contributed by atoms with Crippen molar-refractivity contribution in [1.29, 1.82) is 0 Å². The number of hydrogen-bond donors (Lipinski definition) is 0. The number of thiophene rings is 1. The molecule has 0 amide bonds. The van der Waals surface area contributed by atoms with Gasteiger partial charge in [0, 0.05) is 11.3 Å². The summed E-state index contributed by atoms with van der Waals surface area (Å²) in [5.41, 5.74) is -0.337. The number of benzene rings is 1. The third kappa shape index (κ3) is 3.94. The SMILES string of the molecule is CC(C)c1ccc(C(=O)Cc2cccc(C(F)(F)F)c2)s1. The molecule has 1 aromatic carbocycles. The summed E-state index contributed by atoms with van der Waals surface area (Å²) >= 11 is 1.41. The van der Waals surface area contributed by atoms with E-state index in [1.165, 1.54) is 17.4 Å². The maximum atomic E-state index is 12.6. The largest absolute Gasteiger partial charge is 0.416 e. The standard InChI is InChI=1S/C16H15F3OS/c1-10(2)14-6-7-15(21-14)13(20)9-11-4-3-5-12(8-11)16(17,18)19/h3-8,10H,9H2,1-2H3. The normalized spacial score (nSPS) is 11.9. The maximum Gasteiger partial charge on any atom is 0.416 e. The maximum absolute atomic E-state index is 12.6. The molecule has 0 aliphatic heterocycles. The van der Waals surface area contributed by atoms with Crippen LogP contribution in [-0.2, 0) is 12.6 Å². The smallest absolute Gasteiger partial charge is 0.293 e. The Morgan fingerprint density at radius 1 is 1.19 bits per heavy atom. The van der Waals surface area contributed by atoms with Gasteiger partial charge in [-0.05, 0) is 29.7 Å². The van der Waals surface area contributed by atoms with Crippen molar-refractivity contribution >= 4 is 17.1 Å². The average molecular weight is 312 g/mol. The lowest BCUT2D eigenvalue weighted by atomic mass is 10.0. The first-order valence-corrected chi connectivity index (χ1v) is 7.38. The molecular formula is C16H15F3OS. The summed E-state index contributed by atoms with van der Waals surface area (Å²) < 4.78 is 37.9. The van der Waals surface area contributed by atoms with Crippen LogP contribution >= 0.6 is 11.3 Å². The molecule has 0 fully saturated rings. The number of hydrogen-bond acceptors (Lipinski definition) is 2. The van der Waals surface area contributed by atoms with Gasteiger partial charge in [-0.1, -0.05) is 32.0 Å². The van der Waals surface area contributed by atoms with Gasteiger partial charge >= 0.3 is 6.18 Å². The van der Waals surface area contributed by atoms with Crippen molar-refractivity contribution in [2.45, 2.75) is 32.4 Å². The quantitative estimate of drug-likeness (QED) is 0.699. The molecule has 2 rings (SSSR count). The van der Waals surface area contributed by atoms with Gasteiger partial charge in [0.25, 0.3) is 0 Å². The van der Waals surface area contributed by atoms with Gasteiger partial charge < -0.3 is 0 Å². The molecule has 0 bridgehead atoms. The number of halogens is 3. The van der Waals surface area contributed by atoms with Crippen molar-refractivity contribution in [3.05, 3.63) is 57.3 Å². The van der Waals surface area contributed by atoms with Crippen molar-refractivity contribution < 1.29 is 18.0 Å². The first-order valence-electron chi connectivity index (χ1n) is 6.56. The van der Waals surface area contributed by atoms with Gasteiger partial charge in [-0.3, -0.25) is 4.79 Å². The number of carbonyl (C=O) groups is 1. The van der Waals surface area contributed by atoms with Gasteiger partial charge in [0.1, 0.15) is 0 Å². The summed E-state index contributed by atoms with van der Waals surface area (Å²) in [5.74, 6) is 0.191. The first-order chi connectivity index (χ1) is 9.77. The molecule has 0 N–H and O–H groups in total. The van der Waals surface area contributed by atoms with Crippen molar-refractivity contribution in [2.24, 2.45) is 0 Å². The van der Waals surface area contributed by atoms with Crippen LogP contribution < -0.4 is 0 Å². The Labute approximate surface area is 125 Å². The van der Waals surface area contributed by atoms with Crippen LogP contribution in [0.2, 0.25) is 0 Å². The zero-order valence-corrected chi connectivity index (χ0v) is 12.5. The zero-order chi connectivity index (χ0) is 15.6. The van der Waals surface area contributed by atoms with E-state index in [2.05, 4.69) is 0 Å². The van der Waals surface area contributed by atoms with Gasteiger partial charge in [0.15, 0.2) is 5.78 Å². The Morgan fingerprint density at radius 2 is 1.90 bits per heavy atom. The van der Waals surface area contributed by atoms with Crippen molar-refractivity contribution in [2.75, 3.05) is 0 Å². The molecule has 1 heterocycles. The number of rotatable bonds is 4. The minimum atomic E-state index is -4.38. The molecule has 5 heteroatoms. The fourth-order valence-corrected chi connectivity index (χ4v) is 2.89. The molecule has 2 aromatic rings. The Hall–Kier alpha value is -1.62. The lowest BCUT2D eigenvalue weighted by Crippen LogP contribution is -2.07. The van der Waals surface area contributed by atoms with E-state index < -0.39 is 11.7 Å². The predicted octanol–water partition coefficient (Wildman–Crippen LogP) is 5.32. The molecule has 0 spiro atoms. The summed E-state index contributed by atoms with van der Waals surface area (Å²) in [5, 5.41) is 0. The second kappa shape index (κ2) is 6.02. The highest BCUT2D eigenvalue weighted by Crippen LogP contribution is 2.30. The molecule has 0 saturated heterocycles. The number of alkyl halides is 3. The van der Waals surface area contributed by atoms with Crippen LogP contribution in [0.15, 0.2) is 36.4 Å². The highest BCUT2D eigenvalue weighted by molar-refractivity contribution is 7.14. The van der Waals surface area contributed by atoms with E-state index in [4.69, 9.17) is 0 Å². The minimum Gasteiger partial charge on any atom is -0.293 e. The molecule has 0 aliphatic rings. The van der Waals surface area contributed by atoms with Crippen LogP contribution in [-0.4, -0.2) is 5.78 Å². The van der Waals surface area contributed by atoms with Crippen LogP contribution in [0.3, 0.4) is 0 Å². The molecule has 112 valence electrons. The van der Waals surface area contributed by atoms with Crippen LogP contribution in [0.1, 0.15) is 45.4 Å². The van der Waals surface area contributed by atoms with E-state index in [0.29, 0.717) is 16.4 Å². The zero-order valence-electron chi connectivity index (χ0n) is 11.7. The van der Waals surface area contributed by atoms with Gasteiger partial charge in [-0.15, -0.1) is 11.3 Å². The Kier molecular flexibility index (Phi) is 4.52. The summed E-state index contributed by atoms with van der Waals surface area (Å²) in [6, 6.07) is 8.57. The topological polar surface area (TPSA) is 17.1 Å². The summed E-state index contributed by atoms with van der Waals surface area (Å²) in [4.78, 5) is 13.8. The Bertz CT molecular complexity index is 641. The third-order valence-electron chi connectivity index (χ3n) is 3.09. The summed E-state index contributed by atoms with van der Waals surface area (Å²) in [7, 11) is 0. The van der Waals surface area contributed by atoms with E-state index in [9.17, 15) is 18.0 Å². The van der Waals surface area contributed by atoms with E-state index in [-0.39, 0.29) is 12.2 Å². The van der Waals surface area contributed by atoms with Crippen LogP contribution in [0.5, 0.6) is 0 Å². The summed E-state index contributed by atoms with van der Waals surface area (Å²) in [6.07, 6.45) is -4.39. The molecular weight excluding hydrogens is 297 g/mol. The first kappa shape index (κ1) is 15.8. The molecule has 0 radical (unpaired) electrons. The average Bonchev–Trinajstić information content (AvgIpc) is 2.88. The monoisotopic (exact) mass is 312 g/mol. The van der Waals surface area contributed by atoms with Crippen molar-refractivity contribution in [1.82, 2.24) is 0 Å². The van der Waals surface area contributed by atoms with Crippen LogP contribution in [0.4, 0.5) is 13.2 Å². The fraction of sp³-hybridized carbons (Fsp3) is 0.312. The second-order valence-corrected chi connectivity index (χ2v) is 6.27. The van der Waals surface area contributed by atoms with E-state index in [1.54, 1.807) is 12.1 Å². The second-order valence-electron chi connectivity index (χ2n) is 5.15.